The van der Waals surface area contributed by atoms with E-state index in [1.807, 2.05) is 18.2 Å². The van der Waals surface area contributed by atoms with Crippen molar-refractivity contribution in [3.63, 3.8) is 0 Å². The van der Waals surface area contributed by atoms with Gasteiger partial charge >= 0.3 is 0 Å². The zero-order valence-corrected chi connectivity index (χ0v) is 23.2. The van der Waals surface area contributed by atoms with Crippen molar-refractivity contribution in [3.8, 4) is 17.2 Å². The predicted octanol–water partition coefficient (Wildman–Crippen LogP) is 8.77. The number of aryl methyl sites for hydroxylation is 2. The number of hydrogen-bond donors (Lipinski definition) is 0. The lowest BCUT2D eigenvalue weighted by molar-refractivity contribution is 0.0974. The standard InChI is InChI=1S/C32H48O4/c1-5-9-12-22-34-29-21-18-26(8-4)25-27(29)19-20-28(33)32-30(35-23-13-10-6-2)16-15-17-31(32)36-24-14-11-7-3/h15-18,21,25H,5-14,19-20,22-24H2,1-4H3. The Labute approximate surface area is 219 Å². The summed E-state index contributed by atoms with van der Waals surface area (Å²) < 4.78 is 18.3. The van der Waals surface area contributed by atoms with Gasteiger partial charge in [-0.25, -0.2) is 0 Å². The second kappa shape index (κ2) is 17.9. The van der Waals surface area contributed by atoms with E-state index in [9.17, 15) is 4.79 Å². The molecule has 200 valence electrons. The molecule has 36 heavy (non-hydrogen) atoms. The molecule has 0 radical (unpaired) electrons. The van der Waals surface area contributed by atoms with E-state index in [4.69, 9.17) is 14.2 Å². The van der Waals surface area contributed by atoms with Crippen LogP contribution in [0.2, 0.25) is 0 Å². The molecule has 4 heteroatoms. The molecule has 2 rings (SSSR count). The third kappa shape index (κ3) is 10.2. The highest BCUT2D eigenvalue weighted by Gasteiger charge is 2.20. The summed E-state index contributed by atoms with van der Waals surface area (Å²) >= 11 is 0. The molecule has 0 saturated heterocycles. The first-order valence-electron chi connectivity index (χ1n) is 14.3. The zero-order chi connectivity index (χ0) is 26.0. The Balaban J connectivity index is 2.18. The topological polar surface area (TPSA) is 44.8 Å². The summed E-state index contributed by atoms with van der Waals surface area (Å²) in [5.74, 6) is 2.24. The normalized spacial score (nSPS) is 10.9. The van der Waals surface area contributed by atoms with Gasteiger partial charge in [-0.3, -0.25) is 4.79 Å². The minimum atomic E-state index is 0.0606. The molecule has 0 atom stereocenters. The molecule has 0 fully saturated rings. The summed E-state index contributed by atoms with van der Waals surface area (Å²) in [5.41, 5.74) is 2.95. The number of ether oxygens (including phenoxy) is 3. The fourth-order valence-electron chi connectivity index (χ4n) is 4.19. The van der Waals surface area contributed by atoms with E-state index < -0.39 is 0 Å². The molecule has 0 heterocycles. The van der Waals surface area contributed by atoms with Crippen molar-refractivity contribution in [3.05, 3.63) is 53.1 Å². The van der Waals surface area contributed by atoms with Crippen LogP contribution >= 0.6 is 0 Å². The first kappa shape index (κ1) is 29.7. The molecule has 4 nitrogen and oxygen atoms in total. The molecule has 0 aromatic heterocycles. The van der Waals surface area contributed by atoms with E-state index in [0.29, 0.717) is 49.7 Å². The molecule has 0 aliphatic rings. The first-order chi connectivity index (χ1) is 17.6. The maximum Gasteiger partial charge on any atom is 0.170 e. The van der Waals surface area contributed by atoms with E-state index in [0.717, 1.165) is 69.1 Å². The summed E-state index contributed by atoms with van der Waals surface area (Å²) in [6.45, 7) is 10.6. The molecule has 2 aromatic rings. The quantitative estimate of drug-likeness (QED) is 0.136. The third-order valence-corrected chi connectivity index (χ3v) is 6.44. The molecular formula is C32H48O4. The van der Waals surface area contributed by atoms with Gasteiger partial charge in [0.05, 0.1) is 19.8 Å². The molecule has 0 saturated carbocycles. The van der Waals surface area contributed by atoms with Gasteiger partial charge in [-0.15, -0.1) is 0 Å². The maximum absolute atomic E-state index is 13.6. The zero-order valence-electron chi connectivity index (χ0n) is 23.2. The average Bonchev–Trinajstić information content (AvgIpc) is 2.90. The molecule has 0 bridgehead atoms. The van der Waals surface area contributed by atoms with Crippen LogP contribution in [0.5, 0.6) is 17.2 Å². The number of hydrogen-bond acceptors (Lipinski definition) is 4. The van der Waals surface area contributed by atoms with E-state index in [1.165, 1.54) is 12.0 Å². The highest BCUT2D eigenvalue weighted by molar-refractivity contribution is 6.01. The minimum absolute atomic E-state index is 0.0606. The van der Waals surface area contributed by atoms with Crippen molar-refractivity contribution in [2.75, 3.05) is 19.8 Å². The number of ketones is 1. The summed E-state index contributed by atoms with van der Waals surface area (Å²) in [5, 5.41) is 0. The number of Topliss-reactive ketones (excluding diaryl/α,β-unsaturated/α-hetero) is 1. The number of benzene rings is 2. The molecule has 0 aliphatic heterocycles. The Hall–Kier alpha value is -2.49. The summed E-state index contributed by atoms with van der Waals surface area (Å²) in [7, 11) is 0. The van der Waals surface area contributed by atoms with Crippen molar-refractivity contribution in [1.82, 2.24) is 0 Å². The molecule has 0 amide bonds. The third-order valence-electron chi connectivity index (χ3n) is 6.44. The van der Waals surface area contributed by atoms with Crippen LogP contribution in [0.15, 0.2) is 36.4 Å². The Morgan fingerprint density at radius 2 is 1.19 bits per heavy atom. The second-order valence-electron chi connectivity index (χ2n) is 9.51. The van der Waals surface area contributed by atoms with Gasteiger partial charge in [0.25, 0.3) is 0 Å². The summed E-state index contributed by atoms with van der Waals surface area (Å²) in [6, 6.07) is 12.1. The fourth-order valence-corrected chi connectivity index (χ4v) is 4.19. The smallest absolute Gasteiger partial charge is 0.170 e. The van der Waals surface area contributed by atoms with Gasteiger partial charge < -0.3 is 14.2 Å². The van der Waals surface area contributed by atoms with Gasteiger partial charge in [0.1, 0.15) is 22.8 Å². The van der Waals surface area contributed by atoms with E-state index in [2.05, 4.69) is 45.9 Å². The SMILES string of the molecule is CCCCCOc1ccc(CC)cc1CCC(=O)c1c(OCCCCC)cccc1OCCCCC. The van der Waals surface area contributed by atoms with Crippen LogP contribution in [0.3, 0.4) is 0 Å². The van der Waals surface area contributed by atoms with Gasteiger partial charge in [0, 0.05) is 6.42 Å². The van der Waals surface area contributed by atoms with Crippen molar-refractivity contribution in [2.45, 2.75) is 105 Å². The van der Waals surface area contributed by atoms with Crippen LogP contribution in [0.25, 0.3) is 0 Å². The number of carbonyl (C=O) groups is 1. The molecule has 0 unspecified atom stereocenters. The van der Waals surface area contributed by atoms with Gasteiger partial charge in [-0.2, -0.15) is 0 Å². The molecular weight excluding hydrogens is 448 g/mol. The van der Waals surface area contributed by atoms with Gasteiger partial charge in [0.2, 0.25) is 0 Å². The van der Waals surface area contributed by atoms with Crippen LogP contribution < -0.4 is 14.2 Å². The Morgan fingerprint density at radius 1 is 0.667 bits per heavy atom. The van der Waals surface area contributed by atoms with Crippen LogP contribution in [0.1, 0.15) is 113 Å². The Morgan fingerprint density at radius 3 is 1.69 bits per heavy atom. The van der Waals surface area contributed by atoms with E-state index in [1.54, 1.807) is 0 Å². The van der Waals surface area contributed by atoms with Crippen molar-refractivity contribution in [1.29, 1.82) is 0 Å². The van der Waals surface area contributed by atoms with Crippen LogP contribution in [0, 0.1) is 0 Å². The minimum Gasteiger partial charge on any atom is -0.493 e. The van der Waals surface area contributed by atoms with E-state index >= 15 is 0 Å². The molecule has 0 spiro atoms. The Kier molecular flexibility index (Phi) is 14.8. The Bertz CT molecular complexity index is 859. The monoisotopic (exact) mass is 496 g/mol. The van der Waals surface area contributed by atoms with Crippen LogP contribution in [-0.2, 0) is 12.8 Å². The van der Waals surface area contributed by atoms with Crippen LogP contribution in [-0.4, -0.2) is 25.6 Å². The average molecular weight is 497 g/mol. The highest BCUT2D eigenvalue weighted by atomic mass is 16.5. The van der Waals surface area contributed by atoms with Gasteiger partial charge in [-0.05, 0) is 61.4 Å². The van der Waals surface area contributed by atoms with Crippen molar-refractivity contribution < 1.29 is 19.0 Å². The van der Waals surface area contributed by atoms with Gasteiger partial charge in [0.15, 0.2) is 5.78 Å². The number of carbonyl (C=O) groups excluding carboxylic acids is 1. The first-order valence-corrected chi connectivity index (χ1v) is 14.3. The molecule has 0 N–H and O–H groups in total. The predicted molar refractivity (Wildman–Crippen MR) is 150 cm³/mol. The molecule has 0 aliphatic carbocycles. The largest absolute Gasteiger partial charge is 0.493 e. The van der Waals surface area contributed by atoms with Crippen LogP contribution in [0.4, 0.5) is 0 Å². The van der Waals surface area contributed by atoms with E-state index in [-0.39, 0.29) is 5.78 Å². The lowest BCUT2D eigenvalue weighted by Gasteiger charge is -2.17. The number of rotatable bonds is 20. The van der Waals surface area contributed by atoms with Gasteiger partial charge in [-0.1, -0.05) is 84.4 Å². The second-order valence-corrected chi connectivity index (χ2v) is 9.51. The maximum atomic E-state index is 13.6. The summed E-state index contributed by atoms with van der Waals surface area (Å²) in [4.78, 5) is 13.6. The molecule has 2 aromatic carbocycles. The lowest BCUT2D eigenvalue weighted by atomic mass is 9.98. The van der Waals surface area contributed by atoms with Crippen molar-refractivity contribution in [2.24, 2.45) is 0 Å². The summed E-state index contributed by atoms with van der Waals surface area (Å²) in [6.07, 6.45) is 11.8. The van der Waals surface area contributed by atoms with Crippen molar-refractivity contribution >= 4 is 5.78 Å². The lowest BCUT2D eigenvalue weighted by Crippen LogP contribution is -2.10. The number of unbranched alkanes of at least 4 members (excludes halogenated alkanes) is 6. The fraction of sp³-hybridized carbons (Fsp3) is 0.594. The highest BCUT2D eigenvalue weighted by Crippen LogP contribution is 2.32.